The molecule has 0 saturated heterocycles. The van der Waals surface area contributed by atoms with Gasteiger partial charge in [-0.1, -0.05) is 18.2 Å². The minimum atomic E-state index is -0.527. The second-order valence-corrected chi connectivity index (χ2v) is 5.21. The Hall–Kier alpha value is -2.14. The van der Waals surface area contributed by atoms with Gasteiger partial charge in [0.05, 0.1) is 5.52 Å². The van der Waals surface area contributed by atoms with Crippen LogP contribution in [0.5, 0.6) is 5.88 Å². The van der Waals surface area contributed by atoms with Crippen LogP contribution in [0.15, 0.2) is 30.3 Å². The fourth-order valence-electron chi connectivity index (χ4n) is 2.60. The molecular weight excluding hydrogens is 254 g/mol. The number of nitrogens with two attached hydrogens (primary N) is 2. The van der Waals surface area contributed by atoms with Crippen LogP contribution < -0.4 is 16.2 Å². The van der Waals surface area contributed by atoms with Crippen LogP contribution in [0.2, 0.25) is 0 Å². The molecule has 1 saturated carbocycles. The molecule has 4 N–H and O–H groups in total. The van der Waals surface area contributed by atoms with E-state index in [1.54, 1.807) is 6.07 Å². The van der Waals surface area contributed by atoms with Crippen LogP contribution in [0.4, 0.5) is 0 Å². The first-order valence-electron chi connectivity index (χ1n) is 6.75. The molecule has 1 amide bonds. The van der Waals surface area contributed by atoms with Gasteiger partial charge in [-0.3, -0.25) is 4.79 Å². The summed E-state index contributed by atoms with van der Waals surface area (Å²) in [6.07, 6.45) is 2.61. The lowest BCUT2D eigenvalue weighted by Crippen LogP contribution is -2.21. The van der Waals surface area contributed by atoms with E-state index in [-0.39, 0.29) is 12.1 Å². The lowest BCUT2D eigenvalue weighted by atomic mass is 10.1. The van der Waals surface area contributed by atoms with Gasteiger partial charge in [0.1, 0.15) is 11.7 Å². The average Bonchev–Trinajstić information content (AvgIpc) is 2.83. The molecule has 104 valence electrons. The number of amides is 1. The van der Waals surface area contributed by atoms with Crippen molar-refractivity contribution >= 4 is 16.8 Å². The molecule has 0 aliphatic heterocycles. The number of ether oxygens (including phenoxy) is 1. The van der Waals surface area contributed by atoms with Crippen molar-refractivity contribution in [3.8, 4) is 5.88 Å². The van der Waals surface area contributed by atoms with Crippen molar-refractivity contribution in [2.75, 3.05) is 0 Å². The summed E-state index contributed by atoms with van der Waals surface area (Å²) in [4.78, 5) is 16.0. The zero-order valence-electron chi connectivity index (χ0n) is 11.1. The second kappa shape index (κ2) is 5.09. The van der Waals surface area contributed by atoms with Crippen molar-refractivity contribution in [3.05, 3.63) is 35.9 Å². The summed E-state index contributed by atoms with van der Waals surface area (Å²) in [5.74, 6) is -0.212. The molecule has 1 aromatic heterocycles. The summed E-state index contributed by atoms with van der Waals surface area (Å²) in [7, 11) is 0. The monoisotopic (exact) mass is 271 g/mol. The maximum Gasteiger partial charge on any atom is 0.254 e. The van der Waals surface area contributed by atoms with E-state index >= 15 is 0 Å². The lowest BCUT2D eigenvalue weighted by Gasteiger charge is -2.15. The van der Waals surface area contributed by atoms with E-state index in [1.165, 1.54) is 0 Å². The van der Waals surface area contributed by atoms with Crippen LogP contribution in [0.25, 0.3) is 10.9 Å². The Labute approximate surface area is 116 Å². The van der Waals surface area contributed by atoms with Gasteiger partial charge in [0, 0.05) is 11.4 Å². The molecule has 1 fully saturated rings. The number of primary amides is 1. The molecule has 1 aliphatic carbocycles. The zero-order valence-corrected chi connectivity index (χ0v) is 11.1. The summed E-state index contributed by atoms with van der Waals surface area (Å²) < 4.78 is 5.85. The van der Waals surface area contributed by atoms with Crippen LogP contribution in [-0.2, 0) is 0 Å². The van der Waals surface area contributed by atoms with Crippen molar-refractivity contribution < 1.29 is 9.53 Å². The number of hydrogen-bond donors (Lipinski definition) is 2. The van der Waals surface area contributed by atoms with Crippen molar-refractivity contribution in [3.63, 3.8) is 0 Å². The first-order chi connectivity index (χ1) is 9.63. The van der Waals surface area contributed by atoms with Crippen LogP contribution >= 0.6 is 0 Å². The highest BCUT2D eigenvalue weighted by Gasteiger charge is 2.25. The first kappa shape index (κ1) is 12.9. The highest BCUT2D eigenvalue weighted by atomic mass is 16.5. The minimum Gasteiger partial charge on any atom is -0.474 e. The van der Waals surface area contributed by atoms with Gasteiger partial charge >= 0.3 is 0 Å². The highest BCUT2D eigenvalue weighted by molar-refractivity contribution is 5.98. The van der Waals surface area contributed by atoms with E-state index in [4.69, 9.17) is 16.2 Å². The molecule has 0 radical (unpaired) electrons. The smallest absolute Gasteiger partial charge is 0.254 e. The second-order valence-electron chi connectivity index (χ2n) is 5.21. The van der Waals surface area contributed by atoms with Crippen molar-refractivity contribution in [2.24, 2.45) is 11.5 Å². The van der Waals surface area contributed by atoms with Crippen LogP contribution in [0.3, 0.4) is 0 Å². The van der Waals surface area contributed by atoms with Gasteiger partial charge in [0.15, 0.2) is 0 Å². The van der Waals surface area contributed by atoms with Gasteiger partial charge in [0.25, 0.3) is 5.91 Å². The number of carbonyl (C=O) groups excluding carboxylic acids is 1. The SMILES string of the molecule is NC(=O)c1cc2ccccc2nc1OC1CCC(N)C1. The van der Waals surface area contributed by atoms with Crippen molar-refractivity contribution in [1.82, 2.24) is 4.98 Å². The number of hydrogen-bond acceptors (Lipinski definition) is 4. The maximum absolute atomic E-state index is 11.6. The molecule has 1 heterocycles. The molecule has 2 aromatic rings. The third-order valence-electron chi connectivity index (χ3n) is 3.66. The Morgan fingerprint density at radius 2 is 2.10 bits per heavy atom. The van der Waals surface area contributed by atoms with Crippen LogP contribution in [0, 0.1) is 0 Å². The van der Waals surface area contributed by atoms with Gasteiger partial charge in [-0.2, -0.15) is 0 Å². The summed E-state index contributed by atoms with van der Waals surface area (Å²) in [6.45, 7) is 0. The molecule has 5 nitrogen and oxygen atoms in total. The summed E-state index contributed by atoms with van der Waals surface area (Å²) in [5, 5.41) is 0.872. The number of pyridine rings is 1. The Kier molecular flexibility index (Phi) is 3.28. The van der Waals surface area contributed by atoms with Crippen molar-refractivity contribution in [2.45, 2.75) is 31.4 Å². The summed E-state index contributed by atoms with van der Waals surface area (Å²) in [5.41, 5.74) is 12.4. The normalized spacial score (nSPS) is 22.1. The largest absolute Gasteiger partial charge is 0.474 e. The lowest BCUT2D eigenvalue weighted by molar-refractivity contribution is 0.0992. The zero-order chi connectivity index (χ0) is 14.1. The van der Waals surface area contributed by atoms with E-state index in [1.807, 2.05) is 24.3 Å². The van der Waals surface area contributed by atoms with E-state index in [9.17, 15) is 4.79 Å². The van der Waals surface area contributed by atoms with Gasteiger partial charge in [-0.05, 0) is 31.4 Å². The molecule has 1 aromatic carbocycles. The van der Waals surface area contributed by atoms with E-state index in [2.05, 4.69) is 4.98 Å². The fourth-order valence-corrected chi connectivity index (χ4v) is 2.60. The standard InChI is InChI=1S/C15H17N3O2/c16-10-5-6-11(8-10)20-15-12(14(17)19)7-9-3-1-2-4-13(9)18-15/h1-4,7,10-11H,5-6,8,16H2,(H2,17,19). The third-order valence-corrected chi connectivity index (χ3v) is 3.66. The molecule has 3 rings (SSSR count). The van der Waals surface area contributed by atoms with Gasteiger partial charge in [0.2, 0.25) is 5.88 Å². The predicted octanol–water partition coefficient (Wildman–Crippen LogP) is 1.59. The molecule has 5 heteroatoms. The fraction of sp³-hybridized carbons (Fsp3) is 0.333. The van der Waals surface area contributed by atoms with Crippen LogP contribution in [0.1, 0.15) is 29.6 Å². The number of carbonyl (C=O) groups is 1. The summed E-state index contributed by atoms with van der Waals surface area (Å²) >= 11 is 0. The van der Waals surface area contributed by atoms with Gasteiger partial charge in [-0.15, -0.1) is 0 Å². The molecule has 2 unspecified atom stereocenters. The van der Waals surface area contributed by atoms with Gasteiger partial charge in [-0.25, -0.2) is 4.98 Å². The third kappa shape index (κ3) is 2.44. The number of nitrogens with zero attached hydrogens (tertiary/aromatic N) is 1. The predicted molar refractivity (Wildman–Crippen MR) is 76.5 cm³/mol. The minimum absolute atomic E-state index is 0.0109. The average molecular weight is 271 g/mol. The molecular formula is C15H17N3O2. The number of aromatic nitrogens is 1. The molecule has 0 spiro atoms. The van der Waals surface area contributed by atoms with E-state index in [0.29, 0.717) is 11.4 Å². The Morgan fingerprint density at radius 3 is 2.80 bits per heavy atom. The number of rotatable bonds is 3. The number of fused-ring (bicyclic) bond motifs is 1. The molecule has 2 atom stereocenters. The molecule has 20 heavy (non-hydrogen) atoms. The Bertz CT molecular complexity index is 657. The van der Waals surface area contributed by atoms with Crippen molar-refractivity contribution in [1.29, 1.82) is 0 Å². The number of para-hydroxylation sites is 1. The summed E-state index contributed by atoms with van der Waals surface area (Å²) in [6, 6.07) is 9.46. The van der Waals surface area contributed by atoms with Gasteiger partial charge < -0.3 is 16.2 Å². The Balaban J connectivity index is 1.99. The van der Waals surface area contributed by atoms with Crippen LogP contribution in [-0.4, -0.2) is 23.0 Å². The van der Waals surface area contributed by atoms with E-state index in [0.717, 1.165) is 30.2 Å². The quantitative estimate of drug-likeness (QED) is 0.886. The number of benzene rings is 1. The topological polar surface area (TPSA) is 91.2 Å². The molecule has 0 bridgehead atoms. The maximum atomic E-state index is 11.6. The first-order valence-corrected chi connectivity index (χ1v) is 6.75. The highest BCUT2D eigenvalue weighted by Crippen LogP contribution is 2.27. The molecule has 1 aliphatic rings. The Morgan fingerprint density at radius 1 is 1.30 bits per heavy atom. The van der Waals surface area contributed by atoms with E-state index < -0.39 is 5.91 Å².